The second kappa shape index (κ2) is 5.05. The van der Waals surface area contributed by atoms with Crippen molar-refractivity contribution >= 4 is 11.0 Å². The Labute approximate surface area is 115 Å². The maximum atomic E-state index is 10.1. The molecule has 0 spiro atoms. The summed E-state index contributed by atoms with van der Waals surface area (Å²) in [4.78, 5) is 1.42. The van der Waals surface area contributed by atoms with Crippen LogP contribution < -0.4 is 4.74 Å². The molecule has 1 N–H and O–H groups in total. The third-order valence-corrected chi connectivity index (χ3v) is 2.79. The van der Waals surface area contributed by atoms with Crippen LogP contribution in [0.3, 0.4) is 0 Å². The lowest BCUT2D eigenvalue weighted by Crippen LogP contribution is -1.99. The molecule has 0 aliphatic heterocycles. The second-order valence-corrected chi connectivity index (χ2v) is 4.22. The number of ether oxygens (including phenoxy) is 1. The molecule has 3 rings (SSSR count). The molecule has 100 valence electrons. The number of aromatic nitrogens is 3. The number of phenols is 1. The molecule has 20 heavy (non-hydrogen) atoms. The summed E-state index contributed by atoms with van der Waals surface area (Å²) in [6.45, 7) is 1.85. The van der Waals surface area contributed by atoms with E-state index in [9.17, 15) is 5.11 Å². The summed E-state index contributed by atoms with van der Waals surface area (Å²) in [7, 11) is 0. The molecule has 0 aliphatic rings. The third kappa shape index (κ3) is 2.21. The van der Waals surface area contributed by atoms with E-state index < -0.39 is 0 Å². The molecule has 0 aliphatic carbocycles. The number of hydrogen-bond donors (Lipinski definition) is 1. The van der Waals surface area contributed by atoms with E-state index in [1.165, 1.54) is 10.9 Å². The summed E-state index contributed by atoms with van der Waals surface area (Å²) in [6.07, 6.45) is 3.32. The average molecular weight is 267 g/mol. The molecule has 0 bridgehead atoms. The van der Waals surface area contributed by atoms with E-state index >= 15 is 0 Å². The smallest absolute Gasteiger partial charge is 0.146 e. The first-order chi connectivity index (χ1) is 9.78. The van der Waals surface area contributed by atoms with Crippen molar-refractivity contribution < 1.29 is 9.84 Å². The predicted octanol–water partition coefficient (Wildman–Crippen LogP) is 3.04. The first kappa shape index (κ1) is 12.2. The van der Waals surface area contributed by atoms with Crippen LogP contribution in [0.5, 0.6) is 11.5 Å². The Morgan fingerprint density at radius 2 is 1.80 bits per heavy atom. The largest absolute Gasteiger partial charge is 0.505 e. The van der Waals surface area contributed by atoms with Gasteiger partial charge in [0.15, 0.2) is 0 Å². The van der Waals surface area contributed by atoms with Crippen LogP contribution in [0.4, 0.5) is 0 Å². The first-order valence-corrected chi connectivity index (χ1v) is 6.21. The fourth-order valence-electron chi connectivity index (χ4n) is 1.86. The quantitative estimate of drug-likeness (QED) is 0.741. The number of hydrogen-bond acceptors (Lipinski definition) is 4. The van der Waals surface area contributed by atoms with Crippen molar-refractivity contribution in [3.05, 3.63) is 54.8 Å². The molecule has 1 heterocycles. The van der Waals surface area contributed by atoms with Crippen molar-refractivity contribution in [3.63, 3.8) is 0 Å². The van der Waals surface area contributed by atoms with Crippen molar-refractivity contribution in [2.24, 2.45) is 0 Å². The molecule has 0 radical (unpaired) electrons. The number of allylic oxidation sites excluding steroid dienone is 1. The Morgan fingerprint density at radius 3 is 2.40 bits per heavy atom. The van der Waals surface area contributed by atoms with Crippen molar-refractivity contribution in [1.29, 1.82) is 0 Å². The van der Waals surface area contributed by atoms with E-state index in [0.29, 0.717) is 11.4 Å². The summed E-state index contributed by atoms with van der Waals surface area (Å²) >= 11 is 0. The van der Waals surface area contributed by atoms with Gasteiger partial charge in [0, 0.05) is 6.07 Å². The van der Waals surface area contributed by atoms with Crippen LogP contribution in [0, 0.1) is 0 Å². The minimum Gasteiger partial charge on any atom is -0.505 e. The highest BCUT2D eigenvalue weighted by molar-refractivity contribution is 5.73. The van der Waals surface area contributed by atoms with Crippen LogP contribution in [0.1, 0.15) is 6.92 Å². The lowest BCUT2D eigenvalue weighted by molar-refractivity contribution is 0.449. The number of nitrogens with zero attached hydrogens (tertiary/aromatic N) is 3. The number of fused-ring (bicyclic) bond motifs is 1. The molecular weight excluding hydrogens is 254 g/mol. The molecule has 5 heteroatoms. The SMILES string of the molecule is CC=COc1ccc(-n2nc3ccccc3n2)c(O)c1. The lowest BCUT2D eigenvalue weighted by atomic mass is 10.3. The van der Waals surface area contributed by atoms with Gasteiger partial charge in [-0.05, 0) is 31.2 Å². The van der Waals surface area contributed by atoms with Gasteiger partial charge in [-0.3, -0.25) is 0 Å². The van der Waals surface area contributed by atoms with E-state index in [-0.39, 0.29) is 5.75 Å². The Kier molecular flexibility index (Phi) is 3.09. The molecule has 1 aromatic heterocycles. The molecule has 0 atom stereocenters. The zero-order chi connectivity index (χ0) is 13.9. The molecule has 0 saturated heterocycles. The van der Waals surface area contributed by atoms with E-state index in [1.54, 1.807) is 24.5 Å². The minimum atomic E-state index is 0.0623. The summed E-state index contributed by atoms with van der Waals surface area (Å²) < 4.78 is 5.30. The molecular formula is C15H13N3O2. The van der Waals surface area contributed by atoms with Crippen molar-refractivity contribution in [1.82, 2.24) is 15.0 Å². The second-order valence-electron chi connectivity index (χ2n) is 4.22. The summed E-state index contributed by atoms with van der Waals surface area (Å²) in [5.41, 5.74) is 2.07. The summed E-state index contributed by atoms with van der Waals surface area (Å²) in [5, 5.41) is 18.7. The average Bonchev–Trinajstić information content (AvgIpc) is 2.88. The molecule has 0 fully saturated rings. The molecule has 0 amide bonds. The van der Waals surface area contributed by atoms with Crippen LogP contribution >= 0.6 is 0 Å². The van der Waals surface area contributed by atoms with Crippen LogP contribution in [0.25, 0.3) is 16.7 Å². The van der Waals surface area contributed by atoms with Crippen molar-refractivity contribution in [2.45, 2.75) is 6.92 Å². The molecule has 3 aromatic rings. The highest BCUT2D eigenvalue weighted by Gasteiger charge is 2.09. The van der Waals surface area contributed by atoms with Gasteiger partial charge < -0.3 is 9.84 Å². The fourth-order valence-corrected chi connectivity index (χ4v) is 1.86. The molecule has 5 nitrogen and oxygen atoms in total. The van der Waals surface area contributed by atoms with Crippen LogP contribution in [0.15, 0.2) is 54.8 Å². The highest BCUT2D eigenvalue weighted by atomic mass is 16.5. The number of benzene rings is 2. The maximum Gasteiger partial charge on any atom is 0.146 e. The number of aromatic hydroxyl groups is 1. The highest BCUT2D eigenvalue weighted by Crippen LogP contribution is 2.26. The Balaban J connectivity index is 2.01. The van der Waals surface area contributed by atoms with Gasteiger partial charge in [0.25, 0.3) is 0 Å². The number of phenolic OH excluding ortho intramolecular Hbond substituents is 1. The van der Waals surface area contributed by atoms with Crippen LogP contribution in [0.2, 0.25) is 0 Å². The van der Waals surface area contributed by atoms with Crippen molar-refractivity contribution in [3.8, 4) is 17.2 Å². The monoisotopic (exact) mass is 267 g/mol. The maximum absolute atomic E-state index is 10.1. The third-order valence-electron chi connectivity index (χ3n) is 2.79. The van der Waals surface area contributed by atoms with Crippen LogP contribution in [-0.2, 0) is 0 Å². The molecule has 2 aromatic carbocycles. The standard InChI is InChI=1S/C15H13N3O2/c1-2-9-20-11-7-8-14(15(19)10-11)18-16-12-5-3-4-6-13(12)17-18/h2-10,19H,1H3. The number of rotatable bonds is 3. The normalized spacial score (nSPS) is 11.2. The van der Waals surface area contributed by atoms with E-state index in [1.807, 2.05) is 31.2 Å². The zero-order valence-corrected chi connectivity index (χ0v) is 10.9. The predicted molar refractivity (Wildman–Crippen MR) is 76.0 cm³/mol. The van der Waals surface area contributed by atoms with E-state index in [2.05, 4.69) is 10.2 Å². The van der Waals surface area contributed by atoms with Gasteiger partial charge in [-0.2, -0.15) is 0 Å². The first-order valence-electron chi connectivity index (χ1n) is 6.21. The van der Waals surface area contributed by atoms with Gasteiger partial charge >= 0.3 is 0 Å². The van der Waals surface area contributed by atoms with Gasteiger partial charge in [-0.15, -0.1) is 15.0 Å². The Hall–Kier alpha value is -2.82. The summed E-state index contributed by atoms with van der Waals surface area (Å²) in [6, 6.07) is 12.5. The van der Waals surface area contributed by atoms with E-state index in [4.69, 9.17) is 4.74 Å². The van der Waals surface area contributed by atoms with Gasteiger partial charge in [-0.25, -0.2) is 0 Å². The topological polar surface area (TPSA) is 60.2 Å². The van der Waals surface area contributed by atoms with Gasteiger partial charge in [-0.1, -0.05) is 18.2 Å². The van der Waals surface area contributed by atoms with Gasteiger partial charge in [0.2, 0.25) is 0 Å². The fraction of sp³-hybridized carbons (Fsp3) is 0.0667. The summed E-state index contributed by atoms with van der Waals surface area (Å²) in [5.74, 6) is 0.619. The zero-order valence-electron chi connectivity index (χ0n) is 10.9. The Bertz CT molecular complexity index is 745. The lowest BCUT2D eigenvalue weighted by Gasteiger charge is -2.05. The molecule has 0 saturated carbocycles. The van der Waals surface area contributed by atoms with Crippen molar-refractivity contribution in [2.75, 3.05) is 0 Å². The minimum absolute atomic E-state index is 0.0623. The Morgan fingerprint density at radius 1 is 1.10 bits per heavy atom. The van der Waals surface area contributed by atoms with Gasteiger partial charge in [0.05, 0.1) is 6.26 Å². The van der Waals surface area contributed by atoms with Crippen LogP contribution in [-0.4, -0.2) is 20.1 Å². The van der Waals surface area contributed by atoms with E-state index in [0.717, 1.165) is 11.0 Å². The molecule has 0 unspecified atom stereocenters. The van der Waals surface area contributed by atoms with Gasteiger partial charge in [0.1, 0.15) is 28.2 Å².